The number of halogens is 1. The van der Waals surface area contributed by atoms with Crippen molar-refractivity contribution in [3.8, 4) is 0 Å². The van der Waals surface area contributed by atoms with Crippen LogP contribution in [0.1, 0.15) is 18.5 Å². The van der Waals surface area contributed by atoms with E-state index in [0.717, 1.165) is 23.3 Å². The first-order valence-corrected chi connectivity index (χ1v) is 6.05. The van der Waals surface area contributed by atoms with E-state index in [0.29, 0.717) is 12.6 Å². The van der Waals surface area contributed by atoms with E-state index in [1.54, 1.807) is 0 Å². The van der Waals surface area contributed by atoms with Crippen molar-refractivity contribution >= 4 is 21.8 Å². The van der Waals surface area contributed by atoms with Crippen molar-refractivity contribution < 1.29 is 4.79 Å². The number of nitrogens with zero attached hydrogens (tertiary/aromatic N) is 3. The maximum absolute atomic E-state index is 11.9. The molecule has 0 aromatic carbocycles. The molecule has 2 heterocycles. The van der Waals surface area contributed by atoms with Gasteiger partial charge in [0.2, 0.25) is 5.91 Å². The molecule has 0 radical (unpaired) electrons. The first-order chi connectivity index (χ1) is 7.24. The number of carbonyl (C=O) groups excluding carboxylic acids is 1. The molecular formula is C10H12BrN3O. The zero-order valence-corrected chi connectivity index (χ0v) is 9.90. The van der Waals surface area contributed by atoms with Crippen molar-refractivity contribution in [3.05, 3.63) is 16.4 Å². The molecule has 1 amide bonds. The van der Waals surface area contributed by atoms with Crippen LogP contribution in [0, 0.1) is 0 Å². The molecule has 4 nitrogen and oxygen atoms in total. The number of amides is 1. The summed E-state index contributed by atoms with van der Waals surface area (Å²) < 4.78 is 2.64. The van der Waals surface area contributed by atoms with Crippen LogP contribution < -0.4 is 0 Å². The highest BCUT2D eigenvalue weighted by molar-refractivity contribution is 9.10. The molecule has 1 aromatic heterocycles. The van der Waals surface area contributed by atoms with E-state index in [1.165, 1.54) is 12.8 Å². The predicted molar refractivity (Wildman–Crippen MR) is 58.4 cm³/mol. The van der Waals surface area contributed by atoms with Gasteiger partial charge in [0, 0.05) is 24.7 Å². The minimum atomic E-state index is 0.215. The molecule has 1 saturated carbocycles. The molecule has 1 aromatic rings. The quantitative estimate of drug-likeness (QED) is 0.769. The molecule has 1 fully saturated rings. The Morgan fingerprint density at radius 2 is 2.27 bits per heavy atom. The number of hydrogen-bond acceptors (Lipinski definition) is 2. The minimum Gasteiger partial charge on any atom is -0.338 e. The Balaban J connectivity index is 1.86. The van der Waals surface area contributed by atoms with Crippen molar-refractivity contribution in [2.75, 3.05) is 6.54 Å². The van der Waals surface area contributed by atoms with Crippen LogP contribution in [-0.4, -0.2) is 33.2 Å². The highest BCUT2D eigenvalue weighted by Gasteiger charge is 2.34. The summed E-state index contributed by atoms with van der Waals surface area (Å²) in [5.41, 5.74) is 1.15. The van der Waals surface area contributed by atoms with Gasteiger partial charge in [-0.15, -0.1) is 0 Å². The summed E-state index contributed by atoms with van der Waals surface area (Å²) in [4.78, 5) is 13.9. The lowest BCUT2D eigenvalue weighted by molar-refractivity contribution is -0.132. The molecule has 0 bridgehead atoms. The van der Waals surface area contributed by atoms with Crippen LogP contribution in [-0.2, 0) is 17.8 Å². The van der Waals surface area contributed by atoms with E-state index < -0.39 is 0 Å². The molecule has 15 heavy (non-hydrogen) atoms. The zero-order valence-electron chi connectivity index (χ0n) is 8.32. The maximum Gasteiger partial charge on any atom is 0.244 e. The number of hydrogen-bond donors (Lipinski definition) is 0. The second-order valence-corrected chi connectivity index (χ2v) is 5.00. The van der Waals surface area contributed by atoms with Crippen molar-refractivity contribution in [2.24, 2.45) is 0 Å². The summed E-state index contributed by atoms with van der Waals surface area (Å²) in [5, 5.41) is 4.26. The molecule has 2 aliphatic rings. The van der Waals surface area contributed by atoms with Crippen molar-refractivity contribution in [3.63, 3.8) is 0 Å². The van der Waals surface area contributed by atoms with Crippen LogP contribution in [0.3, 0.4) is 0 Å². The molecule has 0 atom stereocenters. The average Bonchev–Trinajstić information content (AvgIpc) is 2.94. The fourth-order valence-corrected chi connectivity index (χ4v) is 2.57. The minimum absolute atomic E-state index is 0.215. The average molecular weight is 270 g/mol. The Morgan fingerprint density at radius 3 is 3.00 bits per heavy atom. The van der Waals surface area contributed by atoms with Gasteiger partial charge in [-0.2, -0.15) is 5.10 Å². The lowest BCUT2D eigenvalue weighted by atomic mass is 10.3. The third-order valence-electron chi connectivity index (χ3n) is 3.04. The highest BCUT2D eigenvalue weighted by Crippen LogP contribution is 2.28. The third-order valence-corrected chi connectivity index (χ3v) is 3.42. The summed E-state index contributed by atoms with van der Waals surface area (Å²) in [6, 6.07) is 2.52. The van der Waals surface area contributed by atoms with Gasteiger partial charge >= 0.3 is 0 Å². The van der Waals surface area contributed by atoms with Crippen molar-refractivity contribution in [1.82, 2.24) is 14.7 Å². The second-order valence-electron chi connectivity index (χ2n) is 4.18. The lowest BCUT2D eigenvalue weighted by Gasteiger charge is -2.18. The van der Waals surface area contributed by atoms with E-state index in [4.69, 9.17) is 0 Å². The maximum atomic E-state index is 11.9. The van der Waals surface area contributed by atoms with Crippen LogP contribution in [0.25, 0.3) is 0 Å². The monoisotopic (exact) mass is 269 g/mol. The van der Waals surface area contributed by atoms with E-state index in [-0.39, 0.29) is 5.91 Å². The standard InChI is InChI=1S/C10H12BrN3O/c11-9-5-8-3-4-13(7-1-2-7)10(15)6-14(8)12-9/h5,7H,1-4,6H2. The summed E-state index contributed by atoms with van der Waals surface area (Å²) >= 11 is 3.34. The molecule has 0 unspecified atom stereocenters. The van der Waals surface area contributed by atoms with Crippen LogP contribution in [0.2, 0.25) is 0 Å². The van der Waals surface area contributed by atoms with Gasteiger partial charge in [0.1, 0.15) is 11.1 Å². The van der Waals surface area contributed by atoms with Gasteiger partial charge in [-0.1, -0.05) is 0 Å². The lowest BCUT2D eigenvalue weighted by Crippen LogP contribution is -2.35. The first kappa shape index (κ1) is 9.39. The summed E-state index contributed by atoms with van der Waals surface area (Å²) in [6.07, 6.45) is 3.27. The molecular weight excluding hydrogens is 258 g/mol. The Labute approximate surface area is 96.4 Å². The van der Waals surface area contributed by atoms with Crippen LogP contribution >= 0.6 is 15.9 Å². The van der Waals surface area contributed by atoms with Crippen LogP contribution in [0.4, 0.5) is 0 Å². The Morgan fingerprint density at radius 1 is 1.47 bits per heavy atom. The first-order valence-electron chi connectivity index (χ1n) is 5.26. The van der Waals surface area contributed by atoms with Crippen LogP contribution in [0.15, 0.2) is 10.7 Å². The smallest absolute Gasteiger partial charge is 0.244 e. The van der Waals surface area contributed by atoms with E-state index >= 15 is 0 Å². The molecule has 80 valence electrons. The summed E-state index contributed by atoms with van der Waals surface area (Å²) in [5.74, 6) is 0.215. The van der Waals surface area contributed by atoms with E-state index in [2.05, 4.69) is 21.0 Å². The van der Waals surface area contributed by atoms with Crippen molar-refractivity contribution in [2.45, 2.75) is 31.8 Å². The summed E-state index contributed by atoms with van der Waals surface area (Å²) in [7, 11) is 0. The van der Waals surface area contributed by atoms with Gasteiger partial charge in [-0.25, -0.2) is 0 Å². The van der Waals surface area contributed by atoms with Gasteiger partial charge in [-0.05, 0) is 34.8 Å². The van der Waals surface area contributed by atoms with Gasteiger partial charge in [-0.3, -0.25) is 9.48 Å². The van der Waals surface area contributed by atoms with Crippen molar-refractivity contribution in [1.29, 1.82) is 0 Å². The van der Waals surface area contributed by atoms with E-state index in [1.807, 2.05) is 15.6 Å². The highest BCUT2D eigenvalue weighted by atomic mass is 79.9. The molecule has 0 N–H and O–H groups in total. The van der Waals surface area contributed by atoms with Gasteiger partial charge in [0.15, 0.2) is 0 Å². The Bertz CT molecular complexity index is 411. The van der Waals surface area contributed by atoms with E-state index in [9.17, 15) is 4.79 Å². The number of carbonyl (C=O) groups is 1. The van der Waals surface area contributed by atoms with Crippen LogP contribution in [0.5, 0.6) is 0 Å². The van der Waals surface area contributed by atoms with Gasteiger partial charge < -0.3 is 4.90 Å². The molecule has 0 spiro atoms. The zero-order chi connectivity index (χ0) is 10.4. The molecule has 3 rings (SSSR count). The number of rotatable bonds is 1. The molecule has 0 saturated heterocycles. The van der Waals surface area contributed by atoms with Gasteiger partial charge in [0.25, 0.3) is 0 Å². The Hall–Kier alpha value is -0.840. The molecule has 1 aliphatic heterocycles. The topological polar surface area (TPSA) is 38.1 Å². The number of aromatic nitrogens is 2. The predicted octanol–water partition coefficient (Wildman–Crippen LogP) is 1.19. The number of fused-ring (bicyclic) bond motifs is 1. The normalized spacial score (nSPS) is 21.4. The molecule has 1 aliphatic carbocycles. The summed E-state index contributed by atoms with van der Waals surface area (Å²) in [6.45, 7) is 1.25. The largest absolute Gasteiger partial charge is 0.338 e. The fraction of sp³-hybridized carbons (Fsp3) is 0.600. The Kier molecular flexibility index (Phi) is 2.09. The third kappa shape index (κ3) is 1.69. The van der Waals surface area contributed by atoms with Gasteiger partial charge in [0.05, 0.1) is 0 Å². The second kappa shape index (κ2) is 3.33. The fourth-order valence-electron chi connectivity index (χ4n) is 2.11. The SMILES string of the molecule is O=C1Cn2nc(Br)cc2CCN1C1CC1. The molecule has 5 heteroatoms.